The molecule has 5 aromatic rings. The van der Waals surface area contributed by atoms with E-state index in [0.717, 1.165) is 22.7 Å². The molecule has 5 rings (SSSR count). The van der Waals surface area contributed by atoms with Crippen LogP contribution in [0.5, 0.6) is 0 Å². The van der Waals surface area contributed by atoms with Crippen molar-refractivity contribution in [2.24, 2.45) is 0 Å². The largest absolute Gasteiger partial charge is 0.349 e. The molecule has 0 atom stereocenters. The molecule has 0 unspecified atom stereocenters. The lowest BCUT2D eigenvalue weighted by Crippen LogP contribution is -2.22. The molecule has 31 heavy (non-hydrogen) atoms. The highest BCUT2D eigenvalue weighted by Gasteiger charge is 2.20. The molecule has 4 nitrogen and oxygen atoms in total. The van der Waals surface area contributed by atoms with Crippen molar-refractivity contribution >= 4 is 45.3 Å². The van der Waals surface area contributed by atoms with Crippen LogP contribution in [0.4, 0.5) is 8.78 Å². The summed E-state index contributed by atoms with van der Waals surface area (Å²) in [5, 5.41) is 1.30. The van der Waals surface area contributed by atoms with Crippen molar-refractivity contribution in [1.29, 1.82) is 0 Å². The number of fused-ring (bicyclic) bond motifs is 3. The first kappa shape index (κ1) is 19.8. The van der Waals surface area contributed by atoms with Gasteiger partial charge in [-0.15, -0.1) is 0 Å². The molecular weight excluding hydrogens is 440 g/mol. The van der Waals surface area contributed by atoms with Crippen molar-refractivity contribution in [2.45, 2.75) is 10.9 Å². The third kappa shape index (κ3) is 3.40. The molecule has 0 saturated carbocycles. The summed E-state index contributed by atoms with van der Waals surface area (Å²) >= 11 is 7.28. The smallest absolute Gasteiger partial charge is 0.283 e. The standard InChI is InChI=1S/C23H14ClF2N3OS/c24-15-7-5-9-16(25)14(15)12-31-23-28-20-13-6-1-3-10-18(13)27-21(20)22(30)29(23)19-11-4-2-8-17(19)26/h1-11,27H,12H2. The Morgan fingerprint density at radius 2 is 1.71 bits per heavy atom. The number of hydrogen-bond donors (Lipinski definition) is 1. The SMILES string of the molecule is O=c1c2[nH]c3ccccc3c2nc(SCc2c(F)cccc2Cl)n1-c1ccccc1F. The van der Waals surface area contributed by atoms with Gasteiger partial charge in [0, 0.05) is 27.2 Å². The Bertz CT molecular complexity index is 1490. The molecule has 0 saturated heterocycles. The lowest BCUT2D eigenvalue weighted by Gasteiger charge is -2.13. The summed E-state index contributed by atoms with van der Waals surface area (Å²) in [5.41, 5.74) is 1.44. The molecule has 0 aliphatic heterocycles. The van der Waals surface area contributed by atoms with Gasteiger partial charge in [0.15, 0.2) is 5.16 Å². The molecule has 2 heterocycles. The molecule has 8 heteroatoms. The summed E-state index contributed by atoms with van der Waals surface area (Å²) in [7, 11) is 0. The van der Waals surface area contributed by atoms with E-state index in [4.69, 9.17) is 11.6 Å². The van der Waals surface area contributed by atoms with E-state index in [9.17, 15) is 13.6 Å². The Hall–Kier alpha value is -3.16. The molecule has 1 N–H and O–H groups in total. The molecule has 3 aromatic carbocycles. The predicted molar refractivity (Wildman–Crippen MR) is 120 cm³/mol. The second kappa shape index (κ2) is 7.83. The fourth-order valence-electron chi connectivity index (χ4n) is 3.49. The van der Waals surface area contributed by atoms with Crippen LogP contribution in [0.15, 0.2) is 76.7 Å². The minimum atomic E-state index is -0.562. The predicted octanol–water partition coefficient (Wildman–Crippen LogP) is 6.09. The number of rotatable bonds is 4. The highest BCUT2D eigenvalue weighted by atomic mass is 35.5. The number of H-pyrrole nitrogens is 1. The first-order chi connectivity index (χ1) is 15.0. The first-order valence-corrected chi connectivity index (χ1v) is 10.7. The lowest BCUT2D eigenvalue weighted by atomic mass is 10.2. The van der Waals surface area contributed by atoms with Gasteiger partial charge in [0.2, 0.25) is 0 Å². The van der Waals surface area contributed by atoms with Gasteiger partial charge < -0.3 is 4.98 Å². The Morgan fingerprint density at radius 3 is 2.52 bits per heavy atom. The second-order valence-electron chi connectivity index (χ2n) is 6.87. The van der Waals surface area contributed by atoms with Gasteiger partial charge in [0.1, 0.15) is 22.7 Å². The lowest BCUT2D eigenvalue weighted by molar-refractivity contribution is 0.607. The zero-order valence-corrected chi connectivity index (χ0v) is 17.5. The quantitative estimate of drug-likeness (QED) is 0.264. The van der Waals surface area contributed by atoms with Crippen molar-refractivity contribution in [3.8, 4) is 5.69 Å². The summed E-state index contributed by atoms with van der Waals surface area (Å²) < 4.78 is 30.1. The molecule has 0 radical (unpaired) electrons. The minimum absolute atomic E-state index is 0.0719. The molecule has 2 aromatic heterocycles. The molecule has 0 spiro atoms. The number of nitrogens with one attached hydrogen (secondary N) is 1. The molecule has 0 bridgehead atoms. The maximum atomic E-state index is 14.6. The van der Waals surface area contributed by atoms with Gasteiger partial charge in [-0.1, -0.05) is 59.8 Å². The molecule has 0 aliphatic rings. The molecule has 0 amide bonds. The number of aromatic nitrogens is 3. The third-order valence-electron chi connectivity index (χ3n) is 4.99. The fourth-order valence-corrected chi connectivity index (χ4v) is 4.83. The van der Waals surface area contributed by atoms with E-state index in [1.54, 1.807) is 18.2 Å². The van der Waals surface area contributed by atoms with E-state index < -0.39 is 17.2 Å². The third-order valence-corrected chi connectivity index (χ3v) is 6.31. The average Bonchev–Trinajstić information content (AvgIpc) is 3.14. The van der Waals surface area contributed by atoms with Crippen LogP contribution in [-0.2, 0) is 5.75 Å². The summed E-state index contributed by atoms with van der Waals surface area (Å²) in [6.45, 7) is 0. The summed E-state index contributed by atoms with van der Waals surface area (Å²) in [4.78, 5) is 21.2. The monoisotopic (exact) mass is 453 g/mol. The Morgan fingerprint density at radius 1 is 0.968 bits per heavy atom. The fraction of sp³-hybridized carbons (Fsp3) is 0.0435. The van der Waals surface area contributed by atoms with Gasteiger partial charge in [0.25, 0.3) is 5.56 Å². The van der Waals surface area contributed by atoms with Crippen LogP contribution in [0.2, 0.25) is 5.02 Å². The van der Waals surface area contributed by atoms with Crippen LogP contribution in [0, 0.1) is 11.6 Å². The van der Waals surface area contributed by atoms with Crippen LogP contribution in [0.25, 0.3) is 27.6 Å². The summed E-state index contributed by atoms with van der Waals surface area (Å²) in [5.74, 6) is -0.888. The highest BCUT2D eigenvalue weighted by Crippen LogP contribution is 2.31. The number of aromatic amines is 1. The number of thioether (sulfide) groups is 1. The number of halogens is 3. The highest BCUT2D eigenvalue weighted by molar-refractivity contribution is 7.98. The van der Waals surface area contributed by atoms with Gasteiger partial charge >= 0.3 is 0 Å². The van der Waals surface area contributed by atoms with Gasteiger partial charge in [-0.05, 0) is 30.3 Å². The maximum absolute atomic E-state index is 14.6. The van der Waals surface area contributed by atoms with E-state index in [0.29, 0.717) is 11.1 Å². The van der Waals surface area contributed by atoms with Crippen LogP contribution >= 0.6 is 23.4 Å². The van der Waals surface area contributed by atoms with Gasteiger partial charge in [-0.3, -0.25) is 9.36 Å². The summed E-state index contributed by atoms with van der Waals surface area (Å²) in [6, 6.07) is 17.8. The van der Waals surface area contributed by atoms with Crippen LogP contribution < -0.4 is 5.56 Å². The average molecular weight is 454 g/mol. The Labute approximate surface area is 184 Å². The van der Waals surface area contributed by atoms with Gasteiger partial charge in [-0.2, -0.15) is 0 Å². The Kier molecular flexibility index (Phi) is 5.00. The van der Waals surface area contributed by atoms with E-state index >= 15 is 0 Å². The van der Waals surface area contributed by atoms with Crippen molar-refractivity contribution in [3.05, 3.63) is 99.3 Å². The number of nitrogens with zero attached hydrogens (tertiary/aromatic N) is 2. The Balaban J connectivity index is 1.75. The normalized spacial score (nSPS) is 11.5. The molecule has 154 valence electrons. The van der Waals surface area contributed by atoms with Gasteiger partial charge in [-0.25, -0.2) is 13.8 Å². The first-order valence-electron chi connectivity index (χ1n) is 9.38. The van der Waals surface area contributed by atoms with Crippen LogP contribution in [0.3, 0.4) is 0 Å². The van der Waals surface area contributed by atoms with Crippen molar-refractivity contribution < 1.29 is 8.78 Å². The van der Waals surface area contributed by atoms with E-state index in [1.807, 2.05) is 24.3 Å². The van der Waals surface area contributed by atoms with Crippen molar-refractivity contribution in [1.82, 2.24) is 14.5 Å². The topological polar surface area (TPSA) is 50.7 Å². The molecule has 0 fully saturated rings. The van der Waals surface area contributed by atoms with Gasteiger partial charge in [0.05, 0.1) is 5.69 Å². The van der Waals surface area contributed by atoms with E-state index in [-0.39, 0.29) is 27.1 Å². The zero-order chi connectivity index (χ0) is 21.5. The van der Waals surface area contributed by atoms with Crippen molar-refractivity contribution in [3.63, 3.8) is 0 Å². The summed E-state index contributed by atoms with van der Waals surface area (Å²) in [6.07, 6.45) is 0. The second-order valence-corrected chi connectivity index (χ2v) is 8.22. The van der Waals surface area contributed by atoms with Crippen LogP contribution in [0.1, 0.15) is 5.56 Å². The number of para-hydroxylation sites is 2. The van der Waals surface area contributed by atoms with E-state index in [1.165, 1.54) is 28.8 Å². The van der Waals surface area contributed by atoms with E-state index in [2.05, 4.69) is 9.97 Å². The molecular formula is C23H14ClF2N3OS. The minimum Gasteiger partial charge on any atom is -0.349 e. The van der Waals surface area contributed by atoms with Crippen LogP contribution in [-0.4, -0.2) is 14.5 Å². The zero-order valence-electron chi connectivity index (χ0n) is 15.9. The molecule has 0 aliphatic carbocycles. The number of benzene rings is 3. The van der Waals surface area contributed by atoms with Crippen molar-refractivity contribution in [2.75, 3.05) is 0 Å². The number of hydrogen-bond acceptors (Lipinski definition) is 3. The maximum Gasteiger partial charge on any atom is 0.283 e.